The first-order valence-electron chi connectivity index (χ1n) is 4.85. The first-order chi connectivity index (χ1) is 7.24. The molecule has 0 radical (unpaired) electrons. The minimum Gasteiger partial charge on any atom is -0.480 e. The van der Waals surface area contributed by atoms with Gasteiger partial charge in [0.25, 0.3) is 0 Å². The molecule has 0 rings (SSSR count). The number of carboxylic acids is 1. The lowest BCUT2D eigenvalue weighted by molar-refractivity contribution is -0.138. The Morgan fingerprint density at radius 3 is 2.50 bits per heavy atom. The largest absolute Gasteiger partial charge is 0.480 e. The summed E-state index contributed by atoms with van der Waals surface area (Å²) in [6, 6.07) is -1.13. The second-order valence-corrected chi connectivity index (χ2v) is 5.68. The van der Waals surface area contributed by atoms with Crippen molar-refractivity contribution in [2.75, 3.05) is 32.9 Å². The van der Waals surface area contributed by atoms with Gasteiger partial charge in [0.05, 0.1) is 5.75 Å². The van der Waals surface area contributed by atoms with Crippen molar-refractivity contribution < 1.29 is 18.3 Å². The Kier molecular flexibility index (Phi) is 6.49. The predicted molar refractivity (Wildman–Crippen MR) is 60.6 cm³/mol. The average Bonchev–Trinajstić information content (AvgIpc) is 2.13. The standard InChI is InChI=1S/C8H19N3O4S/c1-11(2)5-4-10-16(14,15)6-3-7(9)8(12)13/h7,10H,3-6,9H2,1-2H3,(H,12,13)/t7-/m0/s1. The van der Waals surface area contributed by atoms with E-state index in [2.05, 4.69) is 4.72 Å². The monoisotopic (exact) mass is 253 g/mol. The van der Waals surface area contributed by atoms with E-state index in [4.69, 9.17) is 10.8 Å². The van der Waals surface area contributed by atoms with Crippen LogP contribution in [-0.2, 0) is 14.8 Å². The molecule has 0 aromatic carbocycles. The van der Waals surface area contributed by atoms with Crippen LogP contribution in [0.5, 0.6) is 0 Å². The number of carbonyl (C=O) groups is 1. The summed E-state index contributed by atoms with van der Waals surface area (Å²) in [5, 5.41) is 8.48. The van der Waals surface area contributed by atoms with Crippen molar-refractivity contribution in [3.8, 4) is 0 Å². The summed E-state index contributed by atoms with van der Waals surface area (Å²) >= 11 is 0. The molecule has 16 heavy (non-hydrogen) atoms. The number of nitrogens with two attached hydrogens (primary N) is 1. The van der Waals surface area contributed by atoms with E-state index < -0.39 is 22.0 Å². The molecule has 0 spiro atoms. The minimum absolute atomic E-state index is 0.0906. The fraction of sp³-hybridized carbons (Fsp3) is 0.875. The minimum atomic E-state index is -3.43. The maximum Gasteiger partial charge on any atom is 0.320 e. The van der Waals surface area contributed by atoms with Gasteiger partial charge in [0.2, 0.25) is 10.0 Å². The third-order valence-electron chi connectivity index (χ3n) is 1.90. The van der Waals surface area contributed by atoms with Crippen LogP contribution in [0.15, 0.2) is 0 Å². The predicted octanol–water partition coefficient (Wildman–Crippen LogP) is -1.73. The molecule has 0 aliphatic carbocycles. The number of aliphatic carboxylic acids is 1. The molecule has 8 heteroatoms. The van der Waals surface area contributed by atoms with E-state index >= 15 is 0 Å². The molecule has 0 aromatic heterocycles. The molecule has 0 aromatic rings. The number of carboxylic acid groups (broad SMARTS) is 1. The molecule has 96 valence electrons. The van der Waals surface area contributed by atoms with Gasteiger partial charge in [-0.2, -0.15) is 0 Å². The Labute approximate surface area is 95.7 Å². The van der Waals surface area contributed by atoms with Crippen LogP contribution in [0, 0.1) is 0 Å². The lowest BCUT2D eigenvalue weighted by Gasteiger charge is -2.11. The fourth-order valence-corrected chi connectivity index (χ4v) is 2.01. The number of likely N-dealkylation sites (N-methyl/N-ethyl adjacent to an activating group) is 1. The molecule has 0 saturated heterocycles. The molecule has 0 aliphatic rings. The molecule has 0 unspecified atom stereocenters. The molecule has 0 fully saturated rings. The van der Waals surface area contributed by atoms with Crippen molar-refractivity contribution in [1.29, 1.82) is 0 Å². The zero-order valence-electron chi connectivity index (χ0n) is 9.51. The summed E-state index contributed by atoms with van der Waals surface area (Å²) in [5.74, 6) is -1.46. The van der Waals surface area contributed by atoms with Crippen LogP contribution in [0.25, 0.3) is 0 Å². The van der Waals surface area contributed by atoms with E-state index in [9.17, 15) is 13.2 Å². The maximum atomic E-state index is 11.4. The Bertz CT molecular complexity index is 315. The SMILES string of the molecule is CN(C)CCNS(=O)(=O)CC[C@H](N)C(=O)O. The number of rotatable bonds is 8. The summed E-state index contributed by atoms with van der Waals surface area (Å²) < 4.78 is 25.1. The van der Waals surface area contributed by atoms with Crippen LogP contribution in [0.4, 0.5) is 0 Å². The molecule has 0 bridgehead atoms. The molecule has 0 saturated carbocycles. The van der Waals surface area contributed by atoms with Crippen molar-refractivity contribution in [2.24, 2.45) is 5.73 Å². The van der Waals surface area contributed by atoms with E-state index in [-0.39, 0.29) is 12.2 Å². The molecule has 4 N–H and O–H groups in total. The van der Waals surface area contributed by atoms with E-state index in [0.717, 1.165) is 0 Å². The summed E-state index contributed by atoms with van der Waals surface area (Å²) in [5.41, 5.74) is 5.20. The van der Waals surface area contributed by atoms with Gasteiger partial charge in [0, 0.05) is 13.1 Å². The van der Waals surface area contributed by atoms with Gasteiger partial charge < -0.3 is 15.7 Å². The van der Waals surface area contributed by atoms with Crippen LogP contribution < -0.4 is 10.5 Å². The van der Waals surface area contributed by atoms with Crippen molar-refractivity contribution in [1.82, 2.24) is 9.62 Å². The summed E-state index contributed by atoms with van der Waals surface area (Å²) in [4.78, 5) is 12.2. The molecule has 0 heterocycles. The van der Waals surface area contributed by atoms with Gasteiger partial charge >= 0.3 is 5.97 Å². The number of hydrogen-bond acceptors (Lipinski definition) is 5. The van der Waals surface area contributed by atoms with Crippen LogP contribution in [0.3, 0.4) is 0 Å². The van der Waals surface area contributed by atoms with Crippen molar-refractivity contribution >= 4 is 16.0 Å². The lowest BCUT2D eigenvalue weighted by Crippen LogP contribution is -2.37. The third-order valence-corrected chi connectivity index (χ3v) is 3.31. The molecular weight excluding hydrogens is 234 g/mol. The van der Waals surface area contributed by atoms with Crippen LogP contribution in [-0.4, -0.2) is 63.4 Å². The first kappa shape index (κ1) is 15.3. The Morgan fingerprint density at radius 2 is 2.06 bits per heavy atom. The fourth-order valence-electron chi connectivity index (χ4n) is 0.903. The van der Waals surface area contributed by atoms with Gasteiger partial charge in [-0.1, -0.05) is 0 Å². The highest BCUT2D eigenvalue weighted by Gasteiger charge is 2.16. The van der Waals surface area contributed by atoms with Gasteiger partial charge in [-0.15, -0.1) is 0 Å². The number of nitrogens with zero attached hydrogens (tertiary/aromatic N) is 1. The number of sulfonamides is 1. The highest BCUT2D eigenvalue weighted by atomic mass is 32.2. The Morgan fingerprint density at radius 1 is 1.50 bits per heavy atom. The highest BCUT2D eigenvalue weighted by Crippen LogP contribution is 1.94. The Hall–Kier alpha value is -0.700. The van der Waals surface area contributed by atoms with Crippen molar-refractivity contribution in [3.05, 3.63) is 0 Å². The number of nitrogens with one attached hydrogen (secondary N) is 1. The molecule has 0 amide bonds. The second kappa shape index (κ2) is 6.79. The summed E-state index contributed by atoms with van der Waals surface area (Å²) in [6.45, 7) is 0.891. The first-order valence-corrected chi connectivity index (χ1v) is 6.50. The Balaban J connectivity index is 3.92. The average molecular weight is 253 g/mol. The molecular formula is C8H19N3O4S. The number of hydrogen-bond donors (Lipinski definition) is 3. The van der Waals surface area contributed by atoms with Crippen molar-refractivity contribution in [2.45, 2.75) is 12.5 Å². The van der Waals surface area contributed by atoms with E-state index in [1.807, 2.05) is 19.0 Å². The maximum absolute atomic E-state index is 11.4. The summed E-state index contributed by atoms with van der Waals surface area (Å²) in [7, 11) is 0.230. The van der Waals surface area contributed by atoms with Gasteiger partial charge in [0.15, 0.2) is 0 Å². The zero-order valence-corrected chi connectivity index (χ0v) is 10.3. The van der Waals surface area contributed by atoms with Crippen LogP contribution in [0.1, 0.15) is 6.42 Å². The lowest BCUT2D eigenvalue weighted by atomic mass is 10.2. The second-order valence-electron chi connectivity index (χ2n) is 3.75. The third kappa shape index (κ3) is 7.57. The van der Waals surface area contributed by atoms with Gasteiger partial charge in [0.1, 0.15) is 6.04 Å². The topological polar surface area (TPSA) is 113 Å². The summed E-state index contributed by atoms with van der Waals surface area (Å²) in [6.07, 6.45) is -0.0906. The quantitative estimate of drug-likeness (QED) is 0.474. The normalized spacial score (nSPS) is 14.0. The molecule has 0 aliphatic heterocycles. The van der Waals surface area contributed by atoms with Crippen LogP contribution >= 0.6 is 0 Å². The molecule has 1 atom stereocenters. The van der Waals surface area contributed by atoms with Gasteiger partial charge in [-0.3, -0.25) is 4.79 Å². The highest BCUT2D eigenvalue weighted by molar-refractivity contribution is 7.89. The van der Waals surface area contributed by atoms with Crippen LogP contribution in [0.2, 0.25) is 0 Å². The van der Waals surface area contributed by atoms with E-state index in [1.165, 1.54) is 0 Å². The van der Waals surface area contributed by atoms with Crippen molar-refractivity contribution in [3.63, 3.8) is 0 Å². The molecule has 7 nitrogen and oxygen atoms in total. The van der Waals surface area contributed by atoms with Gasteiger partial charge in [-0.05, 0) is 20.5 Å². The van der Waals surface area contributed by atoms with E-state index in [1.54, 1.807) is 0 Å². The smallest absolute Gasteiger partial charge is 0.320 e. The van der Waals surface area contributed by atoms with Gasteiger partial charge in [-0.25, -0.2) is 13.1 Å². The van der Waals surface area contributed by atoms with E-state index in [0.29, 0.717) is 13.1 Å². The zero-order chi connectivity index (χ0) is 12.8.